The quantitative estimate of drug-likeness (QED) is 0.655. The summed E-state index contributed by atoms with van der Waals surface area (Å²) in [4.78, 5) is 25.6. The van der Waals surface area contributed by atoms with Gasteiger partial charge in [-0.25, -0.2) is 9.18 Å². The van der Waals surface area contributed by atoms with Crippen molar-refractivity contribution < 1.29 is 13.6 Å². The highest BCUT2D eigenvalue weighted by atomic mass is 19.1. The number of carbonyl (C=O) groups excluding carboxylic acids is 1. The molecule has 1 aromatic heterocycles. The molecule has 0 saturated heterocycles. The van der Waals surface area contributed by atoms with E-state index in [-0.39, 0.29) is 11.7 Å². The molecule has 1 aliphatic rings. The van der Waals surface area contributed by atoms with Crippen molar-refractivity contribution in [3.8, 4) is 0 Å². The number of carbonyl (C=O) groups is 1. The molecule has 1 heterocycles. The fourth-order valence-electron chi connectivity index (χ4n) is 3.46. The number of rotatable bonds is 6. The zero-order valence-electron chi connectivity index (χ0n) is 15.6. The number of anilines is 1. The van der Waals surface area contributed by atoms with Crippen LogP contribution in [-0.4, -0.2) is 16.8 Å². The van der Waals surface area contributed by atoms with Crippen molar-refractivity contribution in [1.29, 1.82) is 0 Å². The van der Waals surface area contributed by atoms with Crippen molar-refractivity contribution in [3.63, 3.8) is 0 Å². The SMILES string of the molecule is CC(=O)Nc1ccc2c(CN(Cc3ccccc3F)C3CC3)cc(=O)oc2c1. The zero-order valence-corrected chi connectivity index (χ0v) is 15.6. The van der Waals surface area contributed by atoms with E-state index in [4.69, 9.17) is 4.42 Å². The van der Waals surface area contributed by atoms with Gasteiger partial charge in [0.05, 0.1) is 0 Å². The molecule has 1 amide bonds. The number of amides is 1. The Kier molecular flexibility index (Phi) is 4.96. The van der Waals surface area contributed by atoms with E-state index >= 15 is 0 Å². The minimum atomic E-state index is -0.441. The van der Waals surface area contributed by atoms with Crippen LogP contribution in [0.1, 0.15) is 30.9 Å². The predicted molar refractivity (Wildman–Crippen MR) is 105 cm³/mol. The van der Waals surface area contributed by atoms with Crippen LogP contribution in [0.5, 0.6) is 0 Å². The van der Waals surface area contributed by atoms with Crippen LogP contribution in [0.2, 0.25) is 0 Å². The highest BCUT2D eigenvalue weighted by Crippen LogP contribution is 2.31. The van der Waals surface area contributed by atoms with Gasteiger partial charge in [0.25, 0.3) is 0 Å². The Bertz CT molecular complexity index is 1090. The second kappa shape index (κ2) is 7.56. The molecule has 1 N–H and O–H groups in total. The second-order valence-electron chi connectivity index (χ2n) is 7.21. The molecule has 0 bridgehead atoms. The molecule has 6 heteroatoms. The maximum atomic E-state index is 14.1. The van der Waals surface area contributed by atoms with Gasteiger partial charge in [0.2, 0.25) is 5.91 Å². The van der Waals surface area contributed by atoms with Gasteiger partial charge in [0, 0.05) is 54.8 Å². The van der Waals surface area contributed by atoms with Crippen molar-refractivity contribution in [2.45, 2.75) is 38.9 Å². The van der Waals surface area contributed by atoms with Crippen molar-refractivity contribution in [2.24, 2.45) is 0 Å². The van der Waals surface area contributed by atoms with Crippen LogP contribution in [0.25, 0.3) is 11.0 Å². The predicted octanol–water partition coefficient (Wildman–Crippen LogP) is 4.06. The Morgan fingerprint density at radius 2 is 1.89 bits per heavy atom. The van der Waals surface area contributed by atoms with E-state index in [1.807, 2.05) is 12.1 Å². The van der Waals surface area contributed by atoms with E-state index in [1.54, 1.807) is 24.3 Å². The van der Waals surface area contributed by atoms with Gasteiger partial charge in [0.1, 0.15) is 11.4 Å². The number of nitrogens with zero attached hydrogens (tertiary/aromatic N) is 1. The Morgan fingerprint density at radius 1 is 1.14 bits per heavy atom. The summed E-state index contributed by atoms with van der Waals surface area (Å²) in [5, 5.41) is 3.50. The summed E-state index contributed by atoms with van der Waals surface area (Å²) in [5.41, 5.74) is 2.05. The van der Waals surface area contributed by atoms with E-state index < -0.39 is 5.63 Å². The first-order chi connectivity index (χ1) is 13.5. The van der Waals surface area contributed by atoms with Crippen molar-refractivity contribution in [1.82, 2.24) is 4.90 Å². The fourth-order valence-corrected chi connectivity index (χ4v) is 3.46. The van der Waals surface area contributed by atoms with Gasteiger partial charge in [-0.15, -0.1) is 0 Å². The molecular weight excluding hydrogens is 359 g/mol. The molecule has 0 spiro atoms. The van der Waals surface area contributed by atoms with Gasteiger partial charge in [-0.3, -0.25) is 9.69 Å². The molecule has 1 aliphatic carbocycles. The Labute approximate surface area is 161 Å². The van der Waals surface area contributed by atoms with E-state index in [9.17, 15) is 14.0 Å². The third kappa shape index (κ3) is 4.12. The monoisotopic (exact) mass is 380 g/mol. The van der Waals surface area contributed by atoms with E-state index in [0.29, 0.717) is 36.0 Å². The summed E-state index contributed by atoms with van der Waals surface area (Å²) < 4.78 is 19.4. The van der Waals surface area contributed by atoms with Gasteiger partial charge in [-0.1, -0.05) is 18.2 Å². The molecule has 3 aromatic rings. The maximum Gasteiger partial charge on any atom is 0.336 e. The topological polar surface area (TPSA) is 62.6 Å². The standard InChI is InChI=1S/C22H21FN2O3/c1-14(26)24-17-6-9-19-16(10-22(27)28-21(19)11-17)13-25(18-7-8-18)12-15-4-2-3-5-20(15)23/h2-6,9-11,18H,7-8,12-13H2,1H3,(H,24,26). The molecular formula is C22H21FN2O3. The molecule has 5 nitrogen and oxygen atoms in total. The lowest BCUT2D eigenvalue weighted by Gasteiger charge is -2.23. The Morgan fingerprint density at radius 3 is 2.61 bits per heavy atom. The molecule has 0 unspecified atom stereocenters. The minimum Gasteiger partial charge on any atom is -0.423 e. The highest BCUT2D eigenvalue weighted by molar-refractivity contribution is 5.92. The molecule has 28 heavy (non-hydrogen) atoms. The number of hydrogen-bond donors (Lipinski definition) is 1. The lowest BCUT2D eigenvalue weighted by molar-refractivity contribution is -0.114. The van der Waals surface area contributed by atoms with Gasteiger partial charge in [-0.05, 0) is 36.6 Å². The largest absolute Gasteiger partial charge is 0.423 e. The molecule has 0 radical (unpaired) electrons. The second-order valence-corrected chi connectivity index (χ2v) is 7.21. The Balaban J connectivity index is 1.66. The van der Waals surface area contributed by atoms with E-state index in [2.05, 4.69) is 10.2 Å². The van der Waals surface area contributed by atoms with Crippen LogP contribution in [-0.2, 0) is 17.9 Å². The normalized spacial score (nSPS) is 13.8. The summed E-state index contributed by atoms with van der Waals surface area (Å²) in [5.74, 6) is -0.409. The van der Waals surface area contributed by atoms with Crippen LogP contribution in [0.4, 0.5) is 10.1 Å². The van der Waals surface area contributed by atoms with Crippen LogP contribution >= 0.6 is 0 Å². The first kappa shape index (κ1) is 18.4. The number of nitrogens with one attached hydrogen (secondary N) is 1. The van der Waals surface area contributed by atoms with Crippen LogP contribution < -0.4 is 10.9 Å². The van der Waals surface area contributed by atoms with Gasteiger partial charge in [-0.2, -0.15) is 0 Å². The number of halogens is 1. The molecule has 0 aliphatic heterocycles. The van der Waals surface area contributed by atoms with Crippen LogP contribution in [0, 0.1) is 5.82 Å². The number of hydrogen-bond acceptors (Lipinski definition) is 4. The minimum absolute atomic E-state index is 0.192. The number of fused-ring (bicyclic) bond motifs is 1. The molecule has 2 aromatic carbocycles. The van der Waals surface area contributed by atoms with Gasteiger partial charge < -0.3 is 9.73 Å². The first-order valence-corrected chi connectivity index (χ1v) is 9.31. The smallest absolute Gasteiger partial charge is 0.336 e. The third-order valence-electron chi connectivity index (χ3n) is 4.92. The average Bonchev–Trinajstić information content (AvgIpc) is 3.47. The lowest BCUT2D eigenvalue weighted by Crippen LogP contribution is -2.26. The van der Waals surface area contributed by atoms with Crippen molar-refractivity contribution in [3.05, 3.63) is 75.9 Å². The highest BCUT2D eigenvalue weighted by Gasteiger charge is 2.30. The first-order valence-electron chi connectivity index (χ1n) is 9.31. The van der Waals surface area contributed by atoms with Crippen LogP contribution in [0.15, 0.2) is 57.7 Å². The Hall–Kier alpha value is -2.99. The summed E-state index contributed by atoms with van der Waals surface area (Å²) in [7, 11) is 0. The summed E-state index contributed by atoms with van der Waals surface area (Å²) in [6.07, 6.45) is 2.14. The van der Waals surface area contributed by atoms with Crippen molar-refractivity contribution >= 4 is 22.6 Å². The molecule has 4 rings (SSSR count). The summed E-state index contributed by atoms with van der Waals surface area (Å²) in [6, 6.07) is 13.9. The molecule has 144 valence electrons. The third-order valence-corrected chi connectivity index (χ3v) is 4.92. The lowest BCUT2D eigenvalue weighted by atomic mass is 10.1. The number of benzene rings is 2. The fraction of sp³-hybridized carbons (Fsp3) is 0.273. The van der Waals surface area contributed by atoms with Gasteiger partial charge >= 0.3 is 5.63 Å². The summed E-state index contributed by atoms with van der Waals surface area (Å²) >= 11 is 0. The average molecular weight is 380 g/mol. The van der Waals surface area contributed by atoms with E-state index in [0.717, 1.165) is 23.8 Å². The molecule has 1 fully saturated rings. The maximum absolute atomic E-state index is 14.1. The van der Waals surface area contributed by atoms with Crippen molar-refractivity contribution in [2.75, 3.05) is 5.32 Å². The molecule has 1 saturated carbocycles. The summed E-state index contributed by atoms with van der Waals surface area (Å²) in [6.45, 7) is 2.44. The van der Waals surface area contributed by atoms with Crippen LogP contribution in [0.3, 0.4) is 0 Å². The van der Waals surface area contributed by atoms with E-state index in [1.165, 1.54) is 19.1 Å². The molecule has 0 atom stereocenters. The van der Waals surface area contributed by atoms with Gasteiger partial charge in [0.15, 0.2) is 0 Å². The zero-order chi connectivity index (χ0) is 19.7.